The number of piperidine rings is 1. The van der Waals surface area contributed by atoms with Crippen LogP contribution < -0.4 is 9.80 Å². The van der Waals surface area contributed by atoms with Gasteiger partial charge in [-0.05, 0) is 68.2 Å². The molecule has 3 aliphatic rings. The third-order valence-electron chi connectivity index (χ3n) is 7.31. The Morgan fingerprint density at radius 3 is 2.71 bits per heavy atom. The Hall–Kier alpha value is -2.73. The molecule has 5 heterocycles. The summed E-state index contributed by atoms with van der Waals surface area (Å²) in [5.41, 5.74) is 4.61. The third kappa shape index (κ3) is 3.43. The molecule has 31 heavy (non-hydrogen) atoms. The van der Waals surface area contributed by atoms with Gasteiger partial charge in [-0.15, -0.1) is 0 Å². The van der Waals surface area contributed by atoms with E-state index in [9.17, 15) is 0 Å². The SMILES string of the molecule is CC1CC2(CCN(c3cnc4nc(N5CCCc6ccccc65)ccc4n3)CC2)CO1. The van der Waals surface area contributed by atoms with Crippen molar-refractivity contribution in [2.45, 2.75) is 45.1 Å². The molecule has 0 aliphatic carbocycles. The number of aryl methyl sites for hydroxylation is 1. The van der Waals surface area contributed by atoms with Crippen molar-refractivity contribution in [3.05, 3.63) is 48.2 Å². The maximum Gasteiger partial charge on any atom is 0.180 e. The minimum Gasteiger partial charge on any atom is -0.378 e. The summed E-state index contributed by atoms with van der Waals surface area (Å²) in [6.45, 7) is 6.13. The van der Waals surface area contributed by atoms with Gasteiger partial charge in [0.15, 0.2) is 5.65 Å². The molecule has 0 radical (unpaired) electrons. The van der Waals surface area contributed by atoms with Crippen LogP contribution in [0.5, 0.6) is 0 Å². The van der Waals surface area contributed by atoms with Crippen molar-refractivity contribution < 1.29 is 4.74 Å². The maximum atomic E-state index is 5.87. The molecule has 1 unspecified atom stereocenters. The van der Waals surface area contributed by atoms with Gasteiger partial charge < -0.3 is 14.5 Å². The molecular formula is C25H29N5O. The van der Waals surface area contributed by atoms with E-state index >= 15 is 0 Å². The smallest absolute Gasteiger partial charge is 0.180 e. The average molecular weight is 416 g/mol. The van der Waals surface area contributed by atoms with Gasteiger partial charge in [0.25, 0.3) is 0 Å². The maximum absolute atomic E-state index is 5.87. The van der Waals surface area contributed by atoms with Crippen molar-refractivity contribution in [2.75, 3.05) is 36.0 Å². The Kier molecular flexibility index (Phi) is 4.56. The van der Waals surface area contributed by atoms with Gasteiger partial charge in [-0.1, -0.05) is 18.2 Å². The van der Waals surface area contributed by atoms with Gasteiger partial charge in [-0.2, -0.15) is 0 Å². The molecule has 0 amide bonds. The van der Waals surface area contributed by atoms with E-state index in [1.165, 1.54) is 30.5 Å². The molecular weight excluding hydrogens is 386 g/mol. The second-order valence-corrected chi connectivity index (χ2v) is 9.44. The van der Waals surface area contributed by atoms with Crippen molar-refractivity contribution in [1.82, 2.24) is 15.0 Å². The van der Waals surface area contributed by atoms with Gasteiger partial charge in [0.1, 0.15) is 17.2 Å². The van der Waals surface area contributed by atoms with Crippen molar-refractivity contribution in [1.29, 1.82) is 0 Å². The molecule has 2 saturated heterocycles. The van der Waals surface area contributed by atoms with E-state index in [0.717, 1.165) is 61.9 Å². The van der Waals surface area contributed by atoms with Crippen LogP contribution in [0.1, 0.15) is 38.2 Å². The Morgan fingerprint density at radius 2 is 1.87 bits per heavy atom. The molecule has 3 aliphatic heterocycles. The van der Waals surface area contributed by atoms with Crippen LogP contribution >= 0.6 is 0 Å². The standard InChI is InChI=1S/C25H29N5O/c1-18-15-25(17-31-18)10-13-29(14-11-25)23-16-26-24-20(27-23)8-9-22(28-24)30-12-4-6-19-5-2-3-7-21(19)30/h2-3,5,7-9,16,18H,4,6,10-15,17H2,1H3. The minimum atomic E-state index is 0.376. The van der Waals surface area contributed by atoms with E-state index in [-0.39, 0.29) is 0 Å². The molecule has 6 rings (SSSR count). The van der Waals surface area contributed by atoms with Crippen LogP contribution in [0.25, 0.3) is 11.2 Å². The van der Waals surface area contributed by atoms with Crippen LogP contribution in [-0.4, -0.2) is 47.3 Å². The summed E-state index contributed by atoms with van der Waals surface area (Å²) in [6.07, 6.45) is 8.10. The molecule has 2 aromatic heterocycles. The van der Waals surface area contributed by atoms with Gasteiger partial charge in [0.05, 0.1) is 18.9 Å². The number of pyridine rings is 1. The summed E-state index contributed by atoms with van der Waals surface area (Å²) in [6, 6.07) is 12.8. The average Bonchev–Trinajstić information content (AvgIpc) is 3.18. The highest BCUT2D eigenvalue weighted by Crippen LogP contribution is 2.42. The van der Waals surface area contributed by atoms with Crippen LogP contribution in [0, 0.1) is 5.41 Å². The summed E-state index contributed by atoms with van der Waals surface area (Å²) in [4.78, 5) is 19.2. The molecule has 0 saturated carbocycles. The second kappa shape index (κ2) is 7.45. The Labute approximate surface area is 183 Å². The lowest BCUT2D eigenvalue weighted by molar-refractivity contribution is 0.0976. The lowest BCUT2D eigenvalue weighted by atomic mass is 9.77. The molecule has 6 heteroatoms. The fraction of sp³-hybridized carbons (Fsp3) is 0.480. The van der Waals surface area contributed by atoms with E-state index in [2.05, 4.69) is 53.1 Å². The van der Waals surface area contributed by atoms with Crippen LogP contribution in [0.4, 0.5) is 17.3 Å². The quantitative estimate of drug-likeness (QED) is 0.614. The lowest BCUT2D eigenvalue weighted by Crippen LogP contribution is -2.41. The zero-order valence-electron chi connectivity index (χ0n) is 18.1. The molecule has 6 nitrogen and oxygen atoms in total. The highest BCUT2D eigenvalue weighted by Gasteiger charge is 2.41. The molecule has 1 spiro atoms. The summed E-state index contributed by atoms with van der Waals surface area (Å²) in [5, 5.41) is 0. The third-order valence-corrected chi connectivity index (χ3v) is 7.31. The number of benzene rings is 1. The Morgan fingerprint density at radius 1 is 1.00 bits per heavy atom. The number of para-hydroxylation sites is 1. The van der Waals surface area contributed by atoms with Crippen molar-refractivity contribution in [3.63, 3.8) is 0 Å². The van der Waals surface area contributed by atoms with Gasteiger partial charge in [0.2, 0.25) is 0 Å². The number of nitrogens with zero attached hydrogens (tertiary/aromatic N) is 5. The van der Waals surface area contributed by atoms with Gasteiger partial charge in [0, 0.05) is 25.3 Å². The van der Waals surface area contributed by atoms with Crippen LogP contribution in [-0.2, 0) is 11.2 Å². The molecule has 3 aromatic rings. The molecule has 0 bridgehead atoms. The fourth-order valence-electron chi connectivity index (χ4n) is 5.56. The highest BCUT2D eigenvalue weighted by atomic mass is 16.5. The first-order valence-corrected chi connectivity index (χ1v) is 11.6. The normalized spacial score (nSPS) is 22.8. The van der Waals surface area contributed by atoms with Crippen molar-refractivity contribution in [3.8, 4) is 0 Å². The van der Waals surface area contributed by atoms with E-state index < -0.39 is 0 Å². The van der Waals surface area contributed by atoms with Crippen LogP contribution in [0.15, 0.2) is 42.6 Å². The predicted molar refractivity (Wildman–Crippen MR) is 123 cm³/mol. The Bertz CT molecular complexity index is 1110. The number of hydrogen-bond acceptors (Lipinski definition) is 6. The number of aromatic nitrogens is 3. The number of fused-ring (bicyclic) bond motifs is 2. The second-order valence-electron chi connectivity index (χ2n) is 9.44. The molecule has 2 fully saturated rings. The first kappa shape index (κ1) is 19.0. The zero-order chi connectivity index (χ0) is 20.8. The van der Waals surface area contributed by atoms with E-state index in [1.807, 2.05) is 6.20 Å². The largest absolute Gasteiger partial charge is 0.378 e. The summed E-state index contributed by atoms with van der Waals surface area (Å²) >= 11 is 0. The molecule has 160 valence electrons. The van der Waals surface area contributed by atoms with E-state index in [1.54, 1.807) is 0 Å². The van der Waals surface area contributed by atoms with Crippen LogP contribution in [0.3, 0.4) is 0 Å². The van der Waals surface area contributed by atoms with E-state index in [0.29, 0.717) is 11.5 Å². The fourth-order valence-corrected chi connectivity index (χ4v) is 5.56. The Balaban J connectivity index is 1.23. The molecule has 1 aromatic carbocycles. The summed E-state index contributed by atoms with van der Waals surface area (Å²) in [7, 11) is 0. The summed E-state index contributed by atoms with van der Waals surface area (Å²) < 4.78 is 5.87. The lowest BCUT2D eigenvalue weighted by Gasteiger charge is -2.38. The first-order valence-electron chi connectivity index (χ1n) is 11.6. The highest BCUT2D eigenvalue weighted by molar-refractivity contribution is 5.76. The van der Waals surface area contributed by atoms with Crippen molar-refractivity contribution in [2.24, 2.45) is 5.41 Å². The van der Waals surface area contributed by atoms with Gasteiger partial charge >= 0.3 is 0 Å². The predicted octanol–water partition coefficient (Wildman–Crippen LogP) is 4.50. The van der Waals surface area contributed by atoms with Gasteiger partial charge in [-0.3, -0.25) is 0 Å². The minimum absolute atomic E-state index is 0.376. The van der Waals surface area contributed by atoms with Crippen molar-refractivity contribution >= 4 is 28.5 Å². The van der Waals surface area contributed by atoms with Gasteiger partial charge in [-0.25, -0.2) is 15.0 Å². The number of rotatable bonds is 2. The number of ether oxygens (including phenoxy) is 1. The van der Waals surface area contributed by atoms with Crippen LogP contribution in [0.2, 0.25) is 0 Å². The van der Waals surface area contributed by atoms with E-state index in [4.69, 9.17) is 19.7 Å². The molecule has 0 N–H and O–H groups in total. The summed E-state index contributed by atoms with van der Waals surface area (Å²) in [5.74, 6) is 1.92. The monoisotopic (exact) mass is 415 g/mol. The topological polar surface area (TPSA) is 54.4 Å². The zero-order valence-corrected chi connectivity index (χ0v) is 18.1. The number of anilines is 3. The number of hydrogen-bond donors (Lipinski definition) is 0. The molecule has 1 atom stereocenters. The first-order chi connectivity index (χ1) is 15.2.